The van der Waals surface area contributed by atoms with E-state index in [1.165, 1.54) is 0 Å². The molecule has 1 aromatic carbocycles. The van der Waals surface area contributed by atoms with E-state index < -0.39 is 0 Å². The molecule has 16 heavy (non-hydrogen) atoms. The number of hydrogen-bond acceptors (Lipinski definition) is 5. The van der Waals surface area contributed by atoms with Crippen molar-refractivity contribution in [3.63, 3.8) is 0 Å². The van der Waals surface area contributed by atoms with Gasteiger partial charge >= 0.3 is 0 Å². The Balaban J connectivity index is 2.02. The van der Waals surface area contributed by atoms with Crippen LogP contribution in [0.15, 0.2) is 18.2 Å². The molecule has 2 heterocycles. The van der Waals surface area contributed by atoms with E-state index in [4.69, 9.17) is 9.47 Å². The van der Waals surface area contributed by atoms with Crippen molar-refractivity contribution in [3.05, 3.63) is 21.2 Å². The minimum absolute atomic E-state index is 0.601. The number of ether oxygens (including phenoxy) is 2. The maximum atomic E-state index is 5.52. The van der Waals surface area contributed by atoms with Crippen molar-refractivity contribution < 1.29 is 9.47 Å². The van der Waals surface area contributed by atoms with E-state index >= 15 is 0 Å². The van der Waals surface area contributed by atoms with Gasteiger partial charge in [0.25, 0.3) is 0 Å². The zero-order chi connectivity index (χ0) is 11.0. The van der Waals surface area contributed by atoms with Gasteiger partial charge in [-0.1, -0.05) is 11.3 Å². The second-order valence-electron chi connectivity index (χ2n) is 3.22. The Morgan fingerprint density at radius 3 is 2.69 bits per heavy atom. The van der Waals surface area contributed by atoms with E-state index in [0.717, 1.165) is 25.1 Å². The first-order valence-corrected chi connectivity index (χ1v) is 6.61. The summed E-state index contributed by atoms with van der Waals surface area (Å²) in [7, 11) is 0. The Kier molecular flexibility index (Phi) is 2.68. The summed E-state index contributed by atoms with van der Waals surface area (Å²) in [5, 5.41) is 8.99. The van der Waals surface area contributed by atoms with Gasteiger partial charge in [0, 0.05) is 5.56 Å². The minimum atomic E-state index is 0.601. The molecule has 0 saturated heterocycles. The van der Waals surface area contributed by atoms with Crippen LogP contribution in [0.1, 0.15) is 0 Å². The van der Waals surface area contributed by atoms with E-state index in [1.54, 1.807) is 11.3 Å². The second kappa shape index (κ2) is 4.17. The van der Waals surface area contributed by atoms with E-state index in [9.17, 15) is 0 Å². The van der Waals surface area contributed by atoms with Crippen LogP contribution in [-0.4, -0.2) is 23.4 Å². The zero-order valence-corrected chi connectivity index (χ0v) is 11.1. The van der Waals surface area contributed by atoms with Crippen LogP contribution >= 0.6 is 33.9 Å². The maximum absolute atomic E-state index is 5.52. The molecule has 0 fully saturated rings. The Labute approximate surface area is 110 Å². The molecular formula is C10H7IN2O2S. The van der Waals surface area contributed by atoms with Gasteiger partial charge in [0.1, 0.15) is 18.2 Å². The van der Waals surface area contributed by atoms with E-state index in [0.29, 0.717) is 13.2 Å². The molecule has 0 amide bonds. The largest absolute Gasteiger partial charge is 0.486 e. The molecule has 1 aliphatic rings. The number of aromatic nitrogens is 2. The Morgan fingerprint density at radius 2 is 1.94 bits per heavy atom. The monoisotopic (exact) mass is 346 g/mol. The summed E-state index contributed by atoms with van der Waals surface area (Å²) in [6, 6.07) is 5.84. The highest BCUT2D eigenvalue weighted by atomic mass is 127. The first kappa shape index (κ1) is 10.3. The standard InChI is InChI=1S/C10H7IN2O2S/c11-10-13-12-9(16-10)6-1-2-7-8(5-6)15-4-3-14-7/h1-2,5H,3-4H2. The number of benzene rings is 1. The number of hydrogen-bond donors (Lipinski definition) is 0. The van der Waals surface area contributed by atoms with E-state index in [2.05, 4.69) is 32.8 Å². The van der Waals surface area contributed by atoms with Gasteiger partial charge in [-0.05, 0) is 40.8 Å². The van der Waals surface area contributed by atoms with Gasteiger partial charge in [-0.3, -0.25) is 0 Å². The summed E-state index contributed by atoms with van der Waals surface area (Å²) >= 11 is 3.72. The van der Waals surface area contributed by atoms with Crippen LogP contribution in [0.2, 0.25) is 0 Å². The molecular weight excluding hydrogens is 339 g/mol. The van der Waals surface area contributed by atoms with Crippen LogP contribution in [0, 0.1) is 3.01 Å². The maximum Gasteiger partial charge on any atom is 0.178 e. The average Bonchev–Trinajstić information content (AvgIpc) is 2.75. The highest BCUT2D eigenvalue weighted by Crippen LogP contribution is 2.35. The molecule has 2 aromatic rings. The van der Waals surface area contributed by atoms with Gasteiger partial charge in [-0.15, -0.1) is 10.2 Å². The van der Waals surface area contributed by atoms with Crippen LogP contribution in [0.4, 0.5) is 0 Å². The number of nitrogens with zero attached hydrogens (tertiary/aromatic N) is 2. The Bertz CT molecular complexity index is 529. The molecule has 0 saturated carbocycles. The van der Waals surface area contributed by atoms with Crippen molar-refractivity contribution in [2.75, 3.05) is 13.2 Å². The van der Waals surface area contributed by atoms with Crippen molar-refractivity contribution >= 4 is 33.9 Å². The molecule has 0 spiro atoms. The molecule has 0 aliphatic carbocycles. The normalized spacial score (nSPS) is 13.8. The molecule has 1 aliphatic heterocycles. The molecule has 4 nitrogen and oxygen atoms in total. The lowest BCUT2D eigenvalue weighted by atomic mass is 10.2. The van der Waals surface area contributed by atoms with Gasteiger partial charge in [-0.2, -0.15) is 0 Å². The molecule has 82 valence electrons. The third-order valence-corrected chi connectivity index (χ3v) is 3.83. The van der Waals surface area contributed by atoms with Crippen LogP contribution in [0.3, 0.4) is 0 Å². The fraction of sp³-hybridized carbons (Fsp3) is 0.200. The number of fused-ring (bicyclic) bond motifs is 1. The topological polar surface area (TPSA) is 44.2 Å². The molecule has 1 aromatic heterocycles. The average molecular weight is 346 g/mol. The van der Waals surface area contributed by atoms with Crippen LogP contribution in [-0.2, 0) is 0 Å². The smallest absolute Gasteiger partial charge is 0.178 e. The fourth-order valence-corrected chi connectivity index (χ4v) is 2.80. The number of rotatable bonds is 1. The van der Waals surface area contributed by atoms with Crippen molar-refractivity contribution in [1.29, 1.82) is 0 Å². The van der Waals surface area contributed by atoms with Crippen molar-refractivity contribution in [2.45, 2.75) is 0 Å². The summed E-state index contributed by atoms with van der Waals surface area (Å²) < 4.78 is 11.9. The summed E-state index contributed by atoms with van der Waals surface area (Å²) in [4.78, 5) is 0. The van der Waals surface area contributed by atoms with Gasteiger partial charge in [-0.25, -0.2) is 0 Å². The molecule has 0 radical (unpaired) electrons. The summed E-state index contributed by atoms with van der Waals surface area (Å²) in [6.07, 6.45) is 0. The zero-order valence-electron chi connectivity index (χ0n) is 8.14. The number of halogens is 1. The lowest BCUT2D eigenvalue weighted by Crippen LogP contribution is -2.15. The highest BCUT2D eigenvalue weighted by molar-refractivity contribution is 14.1. The summed E-state index contributed by atoms with van der Waals surface area (Å²) in [5.74, 6) is 1.59. The molecule has 0 unspecified atom stereocenters. The quantitative estimate of drug-likeness (QED) is 0.745. The van der Waals surface area contributed by atoms with Gasteiger partial charge < -0.3 is 9.47 Å². The highest BCUT2D eigenvalue weighted by Gasteiger charge is 2.13. The minimum Gasteiger partial charge on any atom is -0.486 e. The summed E-state index contributed by atoms with van der Waals surface area (Å²) in [6.45, 7) is 1.22. The lowest BCUT2D eigenvalue weighted by molar-refractivity contribution is 0.171. The van der Waals surface area contributed by atoms with E-state index in [1.807, 2.05) is 18.2 Å². The third kappa shape index (κ3) is 1.86. The van der Waals surface area contributed by atoms with E-state index in [-0.39, 0.29) is 0 Å². The molecule has 6 heteroatoms. The predicted molar refractivity (Wildman–Crippen MR) is 69.1 cm³/mol. The van der Waals surface area contributed by atoms with Gasteiger partial charge in [0.15, 0.2) is 14.5 Å². The predicted octanol–water partition coefficient (Wildman–Crippen LogP) is 2.58. The van der Waals surface area contributed by atoms with Crippen molar-refractivity contribution in [3.8, 4) is 22.1 Å². The summed E-state index contributed by atoms with van der Waals surface area (Å²) in [5.41, 5.74) is 1.02. The first-order valence-electron chi connectivity index (χ1n) is 4.72. The molecule has 0 N–H and O–H groups in total. The van der Waals surface area contributed by atoms with Crippen LogP contribution in [0.5, 0.6) is 11.5 Å². The Morgan fingerprint density at radius 1 is 1.12 bits per heavy atom. The molecule has 0 atom stereocenters. The van der Waals surface area contributed by atoms with Gasteiger partial charge in [0.05, 0.1) is 0 Å². The second-order valence-corrected chi connectivity index (χ2v) is 5.95. The fourth-order valence-electron chi connectivity index (χ4n) is 1.50. The van der Waals surface area contributed by atoms with Crippen LogP contribution < -0.4 is 9.47 Å². The third-order valence-electron chi connectivity index (χ3n) is 2.19. The van der Waals surface area contributed by atoms with Gasteiger partial charge in [0.2, 0.25) is 0 Å². The van der Waals surface area contributed by atoms with Crippen molar-refractivity contribution in [2.24, 2.45) is 0 Å². The molecule has 0 bridgehead atoms. The van der Waals surface area contributed by atoms with Crippen molar-refractivity contribution in [1.82, 2.24) is 10.2 Å². The first-order chi connectivity index (χ1) is 7.83. The SMILES string of the molecule is Ic1nnc(-c2ccc3c(c2)OCCO3)s1. The lowest BCUT2D eigenvalue weighted by Gasteiger charge is -2.18. The molecule has 3 rings (SSSR count). The Hall–Kier alpha value is -0.890. The van der Waals surface area contributed by atoms with Crippen LogP contribution in [0.25, 0.3) is 10.6 Å².